The smallest absolute Gasteiger partial charge is 0.314 e. The number of nitrogens with zero attached hydrogens (tertiary/aromatic N) is 6. The lowest BCUT2D eigenvalue weighted by molar-refractivity contribution is -0.147. The summed E-state index contributed by atoms with van der Waals surface area (Å²) < 4.78 is 9.47. The first-order chi connectivity index (χ1) is 9.60. The van der Waals surface area contributed by atoms with Crippen LogP contribution in [0.5, 0.6) is 0 Å². The van der Waals surface area contributed by atoms with E-state index in [-0.39, 0.29) is 26.1 Å². The van der Waals surface area contributed by atoms with Crippen LogP contribution in [-0.2, 0) is 19.1 Å². The topological polar surface area (TPSA) is 150 Å². The van der Waals surface area contributed by atoms with Crippen molar-refractivity contribution in [3.63, 3.8) is 0 Å². The van der Waals surface area contributed by atoms with Gasteiger partial charge >= 0.3 is 11.9 Å². The molecule has 0 fully saturated rings. The molecule has 20 heavy (non-hydrogen) atoms. The molecule has 0 spiro atoms. The summed E-state index contributed by atoms with van der Waals surface area (Å²) in [4.78, 5) is 28.1. The number of ether oxygens (including phenoxy) is 2. The second-order valence-electron chi connectivity index (χ2n) is 3.52. The first kappa shape index (κ1) is 17.6. The maximum atomic E-state index is 11.5. The van der Waals surface area contributed by atoms with Crippen LogP contribution in [0.25, 0.3) is 20.9 Å². The molecule has 0 aliphatic rings. The summed E-state index contributed by atoms with van der Waals surface area (Å²) >= 11 is 0. The number of hydrogen-bond acceptors (Lipinski definition) is 6. The van der Waals surface area contributed by atoms with E-state index in [0.717, 1.165) is 0 Å². The van der Waals surface area contributed by atoms with Crippen molar-refractivity contribution < 1.29 is 19.1 Å². The van der Waals surface area contributed by atoms with E-state index in [2.05, 4.69) is 20.1 Å². The molecule has 0 aliphatic heterocycles. The van der Waals surface area contributed by atoms with Crippen LogP contribution < -0.4 is 0 Å². The molecule has 0 unspecified atom stereocenters. The Hall–Kier alpha value is -2.44. The number of hydrogen-bond donors (Lipinski definition) is 0. The molecule has 10 nitrogen and oxygen atoms in total. The van der Waals surface area contributed by atoms with E-state index in [1.54, 1.807) is 13.8 Å². The van der Waals surface area contributed by atoms with Gasteiger partial charge in [-0.05, 0) is 37.8 Å². The van der Waals surface area contributed by atoms with Gasteiger partial charge in [-0.1, -0.05) is 10.2 Å². The molecule has 110 valence electrons. The van der Waals surface area contributed by atoms with Crippen LogP contribution in [-0.4, -0.2) is 37.2 Å². The van der Waals surface area contributed by atoms with E-state index in [4.69, 9.17) is 20.5 Å². The normalized spacial score (nSPS) is 12.3. The summed E-state index contributed by atoms with van der Waals surface area (Å²) in [7, 11) is 0. The van der Waals surface area contributed by atoms with Crippen LogP contribution in [0.3, 0.4) is 0 Å². The number of azide groups is 2. The summed E-state index contributed by atoms with van der Waals surface area (Å²) in [6.45, 7) is 3.53. The van der Waals surface area contributed by atoms with Crippen LogP contribution in [0, 0.1) is 0 Å². The van der Waals surface area contributed by atoms with Gasteiger partial charge in [-0.3, -0.25) is 9.59 Å². The zero-order chi connectivity index (χ0) is 15.4. The van der Waals surface area contributed by atoms with Gasteiger partial charge in [0.2, 0.25) is 0 Å². The molecule has 0 rings (SSSR count). The fraction of sp³-hybridized carbons (Fsp3) is 0.800. The fourth-order valence-electron chi connectivity index (χ4n) is 1.36. The van der Waals surface area contributed by atoms with Gasteiger partial charge in [-0.25, -0.2) is 0 Å². The molecular formula is C10H16N6O4. The maximum Gasteiger partial charge on any atom is 0.314 e. The Morgan fingerprint density at radius 2 is 1.30 bits per heavy atom. The molecule has 2 atom stereocenters. The molecule has 0 radical (unpaired) electrons. The van der Waals surface area contributed by atoms with Crippen LogP contribution in [0.1, 0.15) is 26.7 Å². The largest absolute Gasteiger partial charge is 0.466 e. The molecule has 0 bridgehead atoms. The first-order valence-corrected chi connectivity index (χ1v) is 6.02. The van der Waals surface area contributed by atoms with Crippen LogP contribution >= 0.6 is 0 Å². The monoisotopic (exact) mass is 284 g/mol. The lowest BCUT2D eigenvalue weighted by Gasteiger charge is -2.13. The fourth-order valence-corrected chi connectivity index (χ4v) is 1.36. The Morgan fingerprint density at radius 3 is 1.55 bits per heavy atom. The number of esters is 2. The van der Waals surface area contributed by atoms with Gasteiger partial charge in [0.1, 0.15) is 12.1 Å². The average molecular weight is 284 g/mol. The van der Waals surface area contributed by atoms with Crippen molar-refractivity contribution >= 4 is 11.9 Å². The van der Waals surface area contributed by atoms with E-state index < -0.39 is 24.0 Å². The Morgan fingerprint density at radius 1 is 0.950 bits per heavy atom. The van der Waals surface area contributed by atoms with Crippen molar-refractivity contribution in [2.45, 2.75) is 38.8 Å². The maximum absolute atomic E-state index is 11.5. The highest BCUT2D eigenvalue weighted by molar-refractivity contribution is 5.77. The van der Waals surface area contributed by atoms with E-state index >= 15 is 0 Å². The van der Waals surface area contributed by atoms with Gasteiger partial charge in [0.05, 0.1) is 13.2 Å². The standard InChI is InChI=1S/C10H16N6O4/c1-3-19-9(17)7(13-15-11)5-6-8(14-16-12)10(18)20-4-2/h7-8H,3-6H2,1-2H3/t7-,8+. The van der Waals surface area contributed by atoms with Crippen LogP contribution in [0.4, 0.5) is 0 Å². The quantitative estimate of drug-likeness (QED) is 0.276. The molecule has 0 aliphatic carbocycles. The number of carbonyl (C=O) groups is 2. The van der Waals surface area contributed by atoms with Crippen molar-refractivity contribution in [3.05, 3.63) is 20.9 Å². The number of carbonyl (C=O) groups excluding carboxylic acids is 2. The van der Waals surface area contributed by atoms with Crippen molar-refractivity contribution in [2.75, 3.05) is 13.2 Å². The number of rotatable bonds is 9. The van der Waals surface area contributed by atoms with Crippen molar-refractivity contribution in [3.8, 4) is 0 Å². The van der Waals surface area contributed by atoms with E-state index in [9.17, 15) is 9.59 Å². The van der Waals surface area contributed by atoms with Crippen molar-refractivity contribution in [1.82, 2.24) is 0 Å². The van der Waals surface area contributed by atoms with Gasteiger partial charge in [0.15, 0.2) is 0 Å². The molecule has 0 amide bonds. The molecule has 0 aromatic carbocycles. The van der Waals surface area contributed by atoms with E-state index in [1.165, 1.54) is 0 Å². The predicted molar refractivity (Wildman–Crippen MR) is 68.4 cm³/mol. The molecule has 0 aromatic heterocycles. The highest BCUT2D eigenvalue weighted by Crippen LogP contribution is 2.12. The first-order valence-electron chi connectivity index (χ1n) is 6.02. The Bertz CT molecular complexity index is 387. The van der Waals surface area contributed by atoms with Crippen LogP contribution in [0.15, 0.2) is 10.2 Å². The summed E-state index contributed by atoms with van der Waals surface area (Å²) in [5, 5.41) is 6.60. The minimum absolute atomic E-state index is 0.0192. The molecular weight excluding hydrogens is 268 g/mol. The molecule has 0 saturated carbocycles. The minimum atomic E-state index is -1.06. The third-order valence-electron chi connectivity index (χ3n) is 2.21. The Labute approximate surface area is 115 Å². The Kier molecular flexibility index (Phi) is 9.20. The van der Waals surface area contributed by atoms with Gasteiger partial charge in [-0.2, -0.15) is 0 Å². The zero-order valence-corrected chi connectivity index (χ0v) is 11.3. The SMILES string of the molecule is CCOC(=O)[C@H](CC[C@@H](N=[N+]=[N-])C(=O)OCC)N=[N+]=[N-]. The van der Waals surface area contributed by atoms with Gasteiger partial charge < -0.3 is 9.47 Å². The molecule has 0 N–H and O–H groups in total. The van der Waals surface area contributed by atoms with Crippen molar-refractivity contribution in [2.24, 2.45) is 10.2 Å². The lowest BCUT2D eigenvalue weighted by atomic mass is 10.1. The highest BCUT2D eigenvalue weighted by atomic mass is 16.5. The average Bonchev–Trinajstić information content (AvgIpc) is 2.42. The van der Waals surface area contributed by atoms with Crippen LogP contribution in [0.2, 0.25) is 0 Å². The van der Waals surface area contributed by atoms with Crippen molar-refractivity contribution in [1.29, 1.82) is 0 Å². The van der Waals surface area contributed by atoms with Gasteiger partial charge in [0, 0.05) is 9.82 Å². The third-order valence-corrected chi connectivity index (χ3v) is 2.21. The second kappa shape index (κ2) is 10.5. The van der Waals surface area contributed by atoms with E-state index in [1.807, 2.05) is 0 Å². The molecule has 0 saturated heterocycles. The Balaban J connectivity index is 4.70. The summed E-state index contributed by atoms with van der Waals surface area (Å²) in [6, 6.07) is -2.13. The zero-order valence-electron chi connectivity index (χ0n) is 11.3. The molecule has 10 heteroatoms. The van der Waals surface area contributed by atoms with Gasteiger partial charge in [0.25, 0.3) is 0 Å². The molecule has 0 heterocycles. The molecule has 0 aromatic rings. The predicted octanol–water partition coefficient (Wildman–Crippen LogP) is 2.25. The summed E-state index contributed by atoms with van der Waals surface area (Å²) in [5.41, 5.74) is 16.8. The summed E-state index contributed by atoms with van der Waals surface area (Å²) in [6.07, 6.45) is 0.0385. The summed E-state index contributed by atoms with van der Waals surface area (Å²) in [5.74, 6) is -1.37. The highest BCUT2D eigenvalue weighted by Gasteiger charge is 2.24. The third kappa shape index (κ3) is 6.48. The minimum Gasteiger partial charge on any atom is -0.466 e. The lowest BCUT2D eigenvalue weighted by Crippen LogP contribution is -2.26. The van der Waals surface area contributed by atoms with E-state index in [0.29, 0.717) is 0 Å². The van der Waals surface area contributed by atoms with Gasteiger partial charge in [-0.15, -0.1) is 0 Å². The second-order valence-corrected chi connectivity index (χ2v) is 3.52.